The number of unbranched alkanes of at least 4 members (excludes halogenated alkanes) is 25. The Kier molecular flexibility index (Phi) is 53.7. The van der Waals surface area contributed by atoms with Crippen LogP contribution in [0.2, 0.25) is 0 Å². The third-order valence-electron chi connectivity index (χ3n) is 13.5. The summed E-state index contributed by atoms with van der Waals surface area (Å²) in [5.41, 5.74) is 0. The second kappa shape index (κ2) is 56.3. The first kappa shape index (κ1) is 69.6. The van der Waals surface area contributed by atoms with Crippen molar-refractivity contribution >= 4 is 24.0 Å². The van der Waals surface area contributed by atoms with Gasteiger partial charge in [-0.15, -0.1) is 0 Å². The van der Waals surface area contributed by atoms with Crippen LogP contribution in [0.4, 0.5) is 4.79 Å². The smallest absolute Gasteiger partial charge is 0.407 e. The molecule has 0 aromatic heterocycles. The first-order valence-corrected chi connectivity index (χ1v) is 30.6. The Balaban J connectivity index is 5.15. The lowest BCUT2D eigenvalue weighted by atomic mass is 10.0. The third kappa shape index (κ3) is 51.9. The molecule has 10 nitrogen and oxygen atoms in total. The van der Waals surface area contributed by atoms with E-state index in [1.54, 1.807) is 0 Å². The summed E-state index contributed by atoms with van der Waals surface area (Å²) in [6.45, 7) is 14.0. The number of allylic oxidation sites excluding steroid dienone is 8. The quantitative estimate of drug-likeness (QED) is 0.0275. The summed E-state index contributed by atoms with van der Waals surface area (Å²) in [6, 6.07) is 0. The van der Waals surface area contributed by atoms with Crippen molar-refractivity contribution in [2.75, 3.05) is 39.4 Å². The average Bonchev–Trinajstić information content (AvgIpc) is 3.39. The molecule has 0 spiro atoms. The fourth-order valence-corrected chi connectivity index (χ4v) is 8.67. The molecule has 73 heavy (non-hydrogen) atoms. The van der Waals surface area contributed by atoms with Gasteiger partial charge in [0.15, 0.2) is 6.10 Å². The molecule has 0 rings (SSSR count). The van der Waals surface area contributed by atoms with E-state index < -0.39 is 24.3 Å². The third-order valence-corrected chi connectivity index (χ3v) is 13.5. The summed E-state index contributed by atoms with van der Waals surface area (Å²) >= 11 is 0. The normalized spacial score (nSPS) is 12.3. The van der Waals surface area contributed by atoms with Gasteiger partial charge >= 0.3 is 24.0 Å². The minimum Gasteiger partial charge on any atom is -0.462 e. The summed E-state index contributed by atoms with van der Waals surface area (Å²) < 4.78 is 22.9. The van der Waals surface area contributed by atoms with Crippen molar-refractivity contribution in [3.8, 4) is 0 Å². The van der Waals surface area contributed by atoms with Gasteiger partial charge in [0.1, 0.15) is 19.3 Å². The summed E-state index contributed by atoms with van der Waals surface area (Å²) in [4.78, 5) is 54.3. The van der Waals surface area contributed by atoms with E-state index in [1.165, 1.54) is 96.3 Å². The zero-order valence-corrected chi connectivity index (χ0v) is 48.1. The lowest BCUT2D eigenvalue weighted by Crippen LogP contribution is -2.33. The highest BCUT2D eigenvalue weighted by Gasteiger charge is 2.22. The fourth-order valence-electron chi connectivity index (χ4n) is 8.67. The van der Waals surface area contributed by atoms with Gasteiger partial charge in [0, 0.05) is 25.8 Å². The van der Waals surface area contributed by atoms with Crippen LogP contribution in [0.15, 0.2) is 48.6 Å². The Hall–Kier alpha value is -3.40. The molecule has 0 aliphatic carbocycles. The predicted molar refractivity (Wildman–Crippen MR) is 307 cm³/mol. The van der Waals surface area contributed by atoms with Crippen molar-refractivity contribution < 1.29 is 38.1 Å². The number of alkyl carbamates (subject to hydrolysis) is 1. The van der Waals surface area contributed by atoms with Crippen molar-refractivity contribution in [3.63, 3.8) is 0 Å². The molecule has 0 saturated heterocycles. The van der Waals surface area contributed by atoms with Gasteiger partial charge in [-0.25, -0.2) is 4.79 Å². The van der Waals surface area contributed by atoms with Crippen molar-refractivity contribution in [3.05, 3.63) is 48.6 Å². The van der Waals surface area contributed by atoms with E-state index in [-0.39, 0.29) is 44.4 Å². The number of hydrogen-bond acceptors (Lipinski definition) is 9. The largest absolute Gasteiger partial charge is 0.462 e. The maximum atomic E-state index is 13.4. The maximum Gasteiger partial charge on any atom is 0.407 e. The van der Waals surface area contributed by atoms with Crippen LogP contribution >= 0.6 is 0 Å². The first-order valence-electron chi connectivity index (χ1n) is 30.6. The molecule has 0 bridgehead atoms. The van der Waals surface area contributed by atoms with Crippen LogP contribution in [-0.4, -0.2) is 80.5 Å². The SMILES string of the molecule is CCCCC/C=C\C/C=C\CCCCCCCC(=O)OCC(COC(=O)CCCCCCC/C=C\C/C=C\CCCCC)OC(=O)CCC(CCCCCCCCCCCC)OC(=O)NCCCN(CC)CC. The number of ether oxygens (including phenoxy) is 4. The number of amides is 1. The number of nitrogens with zero attached hydrogens (tertiary/aromatic N) is 1. The Labute approximate surface area is 449 Å². The minimum absolute atomic E-state index is 0.0218. The lowest BCUT2D eigenvalue weighted by molar-refractivity contribution is -0.167. The van der Waals surface area contributed by atoms with Crippen molar-refractivity contribution in [2.45, 2.75) is 291 Å². The summed E-state index contributed by atoms with van der Waals surface area (Å²) in [5, 5.41) is 2.91. The predicted octanol–water partition coefficient (Wildman–Crippen LogP) is 17.5. The number of carbonyl (C=O) groups excluding carboxylic acids is 4. The van der Waals surface area contributed by atoms with Crippen LogP contribution in [0.25, 0.3) is 0 Å². The highest BCUT2D eigenvalue weighted by molar-refractivity contribution is 5.71. The number of rotatable bonds is 54. The van der Waals surface area contributed by atoms with Crippen LogP contribution in [0.3, 0.4) is 0 Å². The highest BCUT2D eigenvalue weighted by atomic mass is 16.6. The Morgan fingerprint density at radius 3 is 1.25 bits per heavy atom. The number of carbonyl (C=O) groups is 4. The molecule has 0 aromatic carbocycles. The van der Waals surface area contributed by atoms with Crippen LogP contribution in [0, 0.1) is 0 Å². The molecule has 0 fully saturated rings. The summed E-state index contributed by atoms with van der Waals surface area (Å²) in [5.74, 6) is -1.21. The van der Waals surface area contributed by atoms with E-state index in [2.05, 4.69) is 93.4 Å². The van der Waals surface area contributed by atoms with E-state index in [9.17, 15) is 19.2 Å². The molecule has 0 aliphatic heterocycles. The number of nitrogens with one attached hydrogen (secondary N) is 1. The van der Waals surface area contributed by atoms with Crippen molar-refractivity contribution in [1.29, 1.82) is 0 Å². The fraction of sp³-hybridized carbons (Fsp3) is 0.810. The second-order valence-corrected chi connectivity index (χ2v) is 20.3. The molecule has 0 radical (unpaired) electrons. The van der Waals surface area contributed by atoms with Crippen LogP contribution < -0.4 is 5.32 Å². The van der Waals surface area contributed by atoms with Gasteiger partial charge in [0.05, 0.1) is 0 Å². The van der Waals surface area contributed by atoms with Crippen LogP contribution in [0.5, 0.6) is 0 Å². The molecule has 1 atom stereocenters. The van der Waals surface area contributed by atoms with E-state index in [1.807, 2.05) is 0 Å². The molecule has 0 heterocycles. The van der Waals surface area contributed by atoms with Crippen molar-refractivity contribution in [2.24, 2.45) is 0 Å². The van der Waals surface area contributed by atoms with E-state index in [0.717, 1.165) is 135 Å². The molecule has 424 valence electrons. The number of esters is 3. The zero-order valence-electron chi connectivity index (χ0n) is 48.1. The molecule has 1 unspecified atom stereocenters. The van der Waals surface area contributed by atoms with Crippen LogP contribution in [0.1, 0.15) is 279 Å². The van der Waals surface area contributed by atoms with Gasteiger partial charge in [-0.2, -0.15) is 0 Å². The number of hydrogen-bond donors (Lipinski definition) is 1. The van der Waals surface area contributed by atoms with Gasteiger partial charge in [-0.1, -0.05) is 205 Å². The van der Waals surface area contributed by atoms with Gasteiger partial charge in [-0.05, 0) is 122 Å². The summed E-state index contributed by atoms with van der Waals surface area (Å²) in [6.07, 6.45) is 54.9. The van der Waals surface area contributed by atoms with Gasteiger partial charge in [0.25, 0.3) is 0 Å². The van der Waals surface area contributed by atoms with E-state index in [0.29, 0.717) is 19.4 Å². The van der Waals surface area contributed by atoms with Crippen LogP contribution in [-0.2, 0) is 33.3 Å². The molecule has 0 aromatic rings. The Bertz CT molecular complexity index is 1310. The molecule has 1 N–H and O–H groups in total. The molecular formula is C63H114N2O8. The van der Waals surface area contributed by atoms with Crippen molar-refractivity contribution in [1.82, 2.24) is 10.2 Å². The van der Waals surface area contributed by atoms with Gasteiger partial charge in [-0.3, -0.25) is 14.4 Å². The molecule has 0 saturated carbocycles. The standard InChI is InChI=1S/C63H114N2O8/c1-6-11-14-17-20-23-26-28-30-32-34-37-40-43-46-50-60(66)70-56-59(57-71-61(67)51-47-44-41-38-35-33-31-29-27-24-21-18-15-12-7-2)72-62(68)53-52-58(49-45-42-39-36-25-22-19-16-13-8-3)73-63(69)64-54-48-55-65(9-4)10-5/h20-21,23-24,28-31,58-59H,6-19,22,25-27,32-57H2,1-5H3,(H,64,69)/b23-20-,24-21-,30-28-,31-29-. The summed E-state index contributed by atoms with van der Waals surface area (Å²) in [7, 11) is 0. The Morgan fingerprint density at radius 2 is 0.795 bits per heavy atom. The molecule has 10 heteroatoms. The van der Waals surface area contributed by atoms with E-state index in [4.69, 9.17) is 18.9 Å². The highest BCUT2D eigenvalue weighted by Crippen LogP contribution is 2.18. The maximum absolute atomic E-state index is 13.4. The second-order valence-electron chi connectivity index (χ2n) is 20.3. The lowest BCUT2D eigenvalue weighted by Gasteiger charge is -2.21. The zero-order chi connectivity index (χ0) is 53.3. The minimum atomic E-state index is -0.926. The van der Waals surface area contributed by atoms with Gasteiger partial charge < -0.3 is 29.2 Å². The van der Waals surface area contributed by atoms with Gasteiger partial charge in [0.2, 0.25) is 0 Å². The Morgan fingerprint density at radius 1 is 0.397 bits per heavy atom. The average molecular weight is 1030 g/mol. The topological polar surface area (TPSA) is 120 Å². The van der Waals surface area contributed by atoms with E-state index >= 15 is 0 Å². The molecule has 1 amide bonds. The molecular weight excluding hydrogens is 913 g/mol. The molecule has 0 aliphatic rings. The monoisotopic (exact) mass is 1030 g/mol. The first-order chi connectivity index (χ1) is 35.8.